The molecule has 1 rings (SSSR count). The standard InChI is InChI=1S/C13H29N3O/c1-5-13(6-2,16(3)4)12(15-14)11-7-9-17-10-8-11/h11-12,15H,5-10,14H2,1-4H3. The highest BCUT2D eigenvalue weighted by Crippen LogP contribution is 2.33. The van der Waals surface area contributed by atoms with E-state index in [2.05, 4.69) is 38.3 Å². The number of ether oxygens (including phenoxy) is 1. The zero-order valence-corrected chi connectivity index (χ0v) is 11.8. The summed E-state index contributed by atoms with van der Waals surface area (Å²) in [5.41, 5.74) is 3.25. The largest absolute Gasteiger partial charge is 0.381 e. The molecule has 0 aliphatic carbocycles. The molecule has 0 amide bonds. The normalized spacial score (nSPS) is 20.8. The van der Waals surface area contributed by atoms with Crippen LogP contribution < -0.4 is 11.3 Å². The third kappa shape index (κ3) is 2.99. The van der Waals surface area contributed by atoms with Crippen molar-refractivity contribution in [3.63, 3.8) is 0 Å². The lowest BCUT2D eigenvalue weighted by Gasteiger charge is -2.48. The second-order valence-corrected chi connectivity index (χ2v) is 5.30. The second-order valence-electron chi connectivity index (χ2n) is 5.30. The van der Waals surface area contributed by atoms with Gasteiger partial charge >= 0.3 is 0 Å². The van der Waals surface area contributed by atoms with E-state index in [-0.39, 0.29) is 5.54 Å². The molecule has 1 unspecified atom stereocenters. The van der Waals surface area contributed by atoms with Crippen LogP contribution in [0.25, 0.3) is 0 Å². The highest BCUT2D eigenvalue weighted by atomic mass is 16.5. The van der Waals surface area contributed by atoms with E-state index in [0.717, 1.165) is 38.9 Å². The monoisotopic (exact) mass is 243 g/mol. The minimum absolute atomic E-state index is 0.150. The highest BCUT2D eigenvalue weighted by molar-refractivity contribution is 4.99. The van der Waals surface area contributed by atoms with E-state index < -0.39 is 0 Å². The van der Waals surface area contributed by atoms with Crippen molar-refractivity contribution in [1.82, 2.24) is 10.3 Å². The topological polar surface area (TPSA) is 50.5 Å². The summed E-state index contributed by atoms with van der Waals surface area (Å²) in [5.74, 6) is 6.48. The lowest BCUT2D eigenvalue weighted by atomic mass is 9.74. The lowest BCUT2D eigenvalue weighted by molar-refractivity contribution is 0.00391. The maximum absolute atomic E-state index is 5.86. The van der Waals surface area contributed by atoms with Crippen LogP contribution in [0.2, 0.25) is 0 Å². The molecule has 17 heavy (non-hydrogen) atoms. The molecule has 1 aliphatic heterocycles. The Hall–Kier alpha value is -0.160. The number of hydrogen-bond acceptors (Lipinski definition) is 4. The van der Waals surface area contributed by atoms with Gasteiger partial charge in [0.25, 0.3) is 0 Å². The fraction of sp³-hybridized carbons (Fsp3) is 1.00. The van der Waals surface area contributed by atoms with E-state index in [1.165, 1.54) is 0 Å². The van der Waals surface area contributed by atoms with Crippen LogP contribution in [0.3, 0.4) is 0 Å². The van der Waals surface area contributed by atoms with Crippen molar-refractivity contribution in [1.29, 1.82) is 0 Å². The number of nitrogens with zero attached hydrogens (tertiary/aromatic N) is 1. The third-order valence-electron chi connectivity index (χ3n) is 4.61. The first-order valence-corrected chi connectivity index (χ1v) is 6.83. The van der Waals surface area contributed by atoms with Crippen LogP contribution in [0.5, 0.6) is 0 Å². The highest BCUT2D eigenvalue weighted by Gasteiger charge is 2.41. The summed E-state index contributed by atoms with van der Waals surface area (Å²) in [7, 11) is 4.33. The molecule has 0 aromatic rings. The van der Waals surface area contributed by atoms with Gasteiger partial charge in [-0.25, -0.2) is 0 Å². The molecule has 4 nitrogen and oxygen atoms in total. The number of nitrogens with one attached hydrogen (secondary N) is 1. The maximum atomic E-state index is 5.86. The van der Waals surface area contributed by atoms with Gasteiger partial charge in [-0.15, -0.1) is 0 Å². The first-order valence-electron chi connectivity index (χ1n) is 6.83. The van der Waals surface area contributed by atoms with E-state index in [4.69, 9.17) is 10.6 Å². The molecular weight excluding hydrogens is 214 g/mol. The molecule has 0 saturated carbocycles. The molecule has 0 aromatic carbocycles. The SMILES string of the molecule is CCC(CC)(C(NN)C1CCOCC1)N(C)C. The van der Waals surface area contributed by atoms with Gasteiger partial charge in [-0.2, -0.15) is 0 Å². The number of nitrogens with two attached hydrogens (primary N) is 1. The van der Waals surface area contributed by atoms with Crippen LogP contribution in [0, 0.1) is 5.92 Å². The van der Waals surface area contributed by atoms with Crippen LogP contribution in [0.15, 0.2) is 0 Å². The Balaban J connectivity index is 2.87. The minimum atomic E-state index is 0.150. The van der Waals surface area contributed by atoms with Crippen LogP contribution in [-0.2, 0) is 4.74 Å². The first-order chi connectivity index (χ1) is 8.12. The fourth-order valence-electron chi connectivity index (χ4n) is 3.38. The molecule has 102 valence electrons. The molecule has 0 aromatic heterocycles. The van der Waals surface area contributed by atoms with Crippen LogP contribution in [-0.4, -0.2) is 43.8 Å². The Morgan fingerprint density at radius 2 is 1.82 bits per heavy atom. The van der Waals surface area contributed by atoms with Crippen molar-refractivity contribution in [2.75, 3.05) is 27.3 Å². The van der Waals surface area contributed by atoms with Gasteiger partial charge in [0.2, 0.25) is 0 Å². The van der Waals surface area contributed by atoms with Gasteiger partial charge in [-0.1, -0.05) is 13.8 Å². The average Bonchev–Trinajstić information content (AvgIpc) is 2.36. The Labute approximate surface area is 106 Å². The van der Waals surface area contributed by atoms with Gasteiger partial charge < -0.3 is 9.64 Å². The van der Waals surface area contributed by atoms with E-state index in [0.29, 0.717) is 12.0 Å². The van der Waals surface area contributed by atoms with Gasteiger partial charge in [0.1, 0.15) is 0 Å². The zero-order valence-electron chi connectivity index (χ0n) is 11.8. The summed E-state index contributed by atoms with van der Waals surface area (Å²) >= 11 is 0. The lowest BCUT2D eigenvalue weighted by Crippen LogP contribution is -2.63. The van der Waals surface area contributed by atoms with Crippen molar-refractivity contribution in [3.05, 3.63) is 0 Å². The molecule has 1 atom stereocenters. The summed E-state index contributed by atoms with van der Waals surface area (Å²) in [5, 5.41) is 0. The van der Waals surface area contributed by atoms with Crippen molar-refractivity contribution in [2.24, 2.45) is 11.8 Å². The molecule has 0 radical (unpaired) electrons. The quantitative estimate of drug-likeness (QED) is 0.546. The van der Waals surface area contributed by atoms with Crippen molar-refractivity contribution in [3.8, 4) is 0 Å². The number of hydrogen-bond donors (Lipinski definition) is 2. The summed E-state index contributed by atoms with van der Waals surface area (Å²) in [6.07, 6.45) is 4.46. The molecule has 1 heterocycles. The first kappa shape index (κ1) is 14.9. The Bertz CT molecular complexity index is 211. The van der Waals surface area contributed by atoms with Crippen LogP contribution in [0.4, 0.5) is 0 Å². The molecule has 3 N–H and O–H groups in total. The summed E-state index contributed by atoms with van der Waals surface area (Å²) in [6.45, 7) is 6.26. The summed E-state index contributed by atoms with van der Waals surface area (Å²) in [4.78, 5) is 2.34. The Kier molecular flexibility index (Phi) is 5.86. The van der Waals surface area contributed by atoms with Crippen molar-refractivity contribution in [2.45, 2.75) is 51.1 Å². The van der Waals surface area contributed by atoms with Gasteiger partial charge in [0.15, 0.2) is 0 Å². The molecular formula is C13H29N3O. The van der Waals surface area contributed by atoms with E-state index >= 15 is 0 Å². The maximum Gasteiger partial charge on any atom is 0.0469 e. The van der Waals surface area contributed by atoms with Gasteiger partial charge in [-0.05, 0) is 45.7 Å². The molecule has 0 bridgehead atoms. The summed E-state index contributed by atoms with van der Waals surface area (Å²) < 4.78 is 5.45. The molecule has 0 spiro atoms. The predicted octanol–water partition coefficient (Wildman–Crippen LogP) is 1.37. The van der Waals surface area contributed by atoms with Crippen molar-refractivity contribution >= 4 is 0 Å². The van der Waals surface area contributed by atoms with E-state index in [1.807, 2.05) is 0 Å². The minimum Gasteiger partial charge on any atom is -0.381 e. The zero-order chi connectivity index (χ0) is 12.9. The predicted molar refractivity (Wildman–Crippen MR) is 71.7 cm³/mol. The molecule has 4 heteroatoms. The number of rotatable bonds is 6. The van der Waals surface area contributed by atoms with Crippen LogP contribution >= 0.6 is 0 Å². The number of likely N-dealkylation sites (N-methyl/N-ethyl adjacent to an activating group) is 1. The fourth-order valence-corrected chi connectivity index (χ4v) is 3.38. The Morgan fingerprint density at radius 1 is 1.29 bits per heavy atom. The van der Waals surface area contributed by atoms with Crippen molar-refractivity contribution < 1.29 is 4.74 Å². The third-order valence-corrected chi connectivity index (χ3v) is 4.61. The smallest absolute Gasteiger partial charge is 0.0469 e. The molecule has 1 fully saturated rings. The van der Waals surface area contributed by atoms with Gasteiger partial charge in [0.05, 0.1) is 0 Å². The van der Waals surface area contributed by atoms with Crippen LogP contribution in [0.1, 0.15) is 39.5 Å². The molecule has 1 aliphatic rings. The Morgan fingerprint density at radius 3 is 2.18 bits per heavy atom. The van der Waals surface area contributed by atoms with E-state index in [1.54, 1.807) is 0 Å². The number of hydrazine groups is 1. The van der Waals surface area contributed by atoms with Gasteiger partial charge in [-0.3, -0.25) is 11.3 Å². The molecule has 1 saturated heterocycles. The van der Waals surface area contributed by atoms with E-state index in [9.17, 15) is 0 Å². The van der Waals surface area contributed by atoms with Gasteiger partial charge in [0, 0.05) is 24.8 Å². The second kappa shape index (κ2) is 6.69. The average molecular weight is 243 g/mol. The summed E-state index contributed by atoms with van der Waals surface area (Å²) in [6, 6.07) is 0.344.